The van der Waals surface area contributed by atoms with Crippen LogP contribution in [0.5, 0.6) is 5.75 Å². The van der Waals surface area contributed by atoms with Crippen LogP contribution < -0.4 is 4.74 Å². The van der Waals surface area contributed by atoms with Crippen molar-refractivity contribution in [3.8, 4) is 16.9 Å². The lowest BCUT2D eigenvalue weighted by Crippen LogP contribution is -2.29. The average Bonchev–Trinajstić information content (AvgIpc) is 3.95. The number of rotatable bonds is 9. The fourth-order valence-electron chi connectivity index (χ4n) is 6.31. The summed E-state index contributed by atoms with van der Waals surface area (Å²) in [6, 6.07) is 31.3. The second kappa shape index (κ2) is 11.0. The zero-order valence-electron chi connectivity index (χ0n) is 23.4. The van der Waals surface area contributed by atoms with E-state index >= 15 is 0 Å². The number of fused-ring (bicyclic) bond motifs is 3. The molecule has 2 heterocycles. The predicted octanol–water partition coefficient (Wildman–Crippen LogP) is 7.48. The second-order valence-corrected chi connectivity index (χ2v) is 10.8. The Morgan fingerprint density at radius 2 is 1.51 bits per heavy atom. The number of hydrogen-bond acceptors (Lipinski definition) is 4. The summed E-state index contributed by atoms with van der Waals surface area (Å²) < 4.78 is 17.3. The SMILES string of the molecule is C=CCc1cc(C2(c3ccc(C4CO4)c(C(=C)C)c3)c3ccccc3-c3ccccc32)ccc1OCC1CO1.C=O. The van der Waals surface area contributed by atoms with Crippen molar-refractivity contribution >= 4 is 12.4 Å². The largest absolute Gasteiger partial charge is 0.490 e. The van der Waals surface area contributed by atoms with Crippen molar-refractivity contribution in [1.82, 2.24) is 0 Å². The van der Waals surface area contributed by atoms with Gasteiger partial charge in [-0.1, -0.05) is 91.0 Å². The summed E-state index contributed by atoms with van der Waals surface area (Å²) in [4.78, 5) is 8.00. The van der Waals surface area contributed by atoms with E-state index in [2.05, 4.69) is 105 Å². The van der Waals surface area contributed by atoms with Gasteiger partial charge < -0.3 is 19.0 Å². The smallest absolute Gasteiger partial charge is 0.122 e. The van der Waals surface area contributed by atoms with Crippen LogP contribution in [0.15, 0.2) is 104 Å². The third-order valence-electron chi connectivity index (χ3n) is 8.26. The molecule has 4 aromatic rings. The Labute approximate surface area is 241 Å². The van der Waals surface area contributed by atoms with Crippen LogP contribution in [0.1, 0.15) is 52.0 Å². The van der Waals surface area contributed by atoms with Crippen LogP contribution in [-0.2, 0) is 26.1 Å². The number of ether oxygens (including phenoxy) is 3. The Balaban J connectivity index is 0.00000148. The van der Waals surface area contributed by atoms with Gasteiger partial charge in [0.2, 0.25) is 0 Å². The normalized spacial score (nSPS) is 18.8. The molecule has 0 saturated carbocycles. The molecule has 2 atom stereocenters. The molecule has 2 aliphatic heterocycles. The number of carbonyl (C=O) groups excluding carboxylic acids is 1. The van der Waals surface area contributed by atoms with E-state index in [1.165, 1.54) is 44.5 Å². The highest BCUT2D eigenvalue weighted by Gasteiger charge is 2.46. The standard InChI is InChI=1S/C36H32O3.CH2O/c1-4-9-24-18-25(15-17-34(24)38-21-27-20-37-27)36(26-14-16-30(35-22-39-35)31(19-26)23(2)3)32-12-7-5-10-28(32)29-11-6-8-13-33(29)36;1-2/h4-8,10-19,27,35H,1-2,9,20-22H2,3H3;1H2. The molecule has 2 unspecified atom stereocenters. The molecular weight excluding hydrogens is 508 g/mol. The highest BCUT2D eigenvalue weighted by molar-refractivity contribution is 5.86. The third-order valence-corrected chi connectivity index (χ3v) is 8.26. The van der Waals surface area contributed by atoms with Crippen molar-refractivity contribution in [3.63, 3.8) is 0 Å². The minimum Gasteiger partial charge on any atom is -0.490 e. The van der Waals surface area contributed by atoms with E-state index in [-0.39, 0.29) is 12.2 Å². The van der Waals surface area contributed by atoms with E-state index in [4.69, 9.17) is 19.0 Å². The van der Waals surface area contributed by atoms with Crippen molar-refractivity contribution in [1.29, 1.82) is 0 Å². The lowest BCUT2D eigenvalue weighted by Gasteiger charge is -2.35. The van der Waals surface area contributed by atoms with Gasteiger partial charge in [0, 0.05) is 0 Å². The zero-order chi connectivity index (χ0) is 28.6. The number of hydrogen-bond donors (Lipinski definition) is 0. The Morgan fingerprint density at radius 3 is 2.10 bits per heavy atom. The molecule has 1 aliphatic carbocycles. The first-order valence-corrected chi connectivity index (χ1v) is 14.0. The van der Waals surface area contributed by atoms with Gasteiger partial charge in [-0.15, -0.1) is 6.58 Å². The molecule has 3 aliphatic rings. The van der Waals surface area contributed by atoms with Crippen LogP contribution in [0.2, 0.25) is 0 Å². The summed E-state index contributed by atoms with van der Waals surface area (Å²) in [5.41, 5.74) is 11.7. The molecule has 2 saturated heterocycles. The minimum absolute atomic E-state index is 0.163. The maximum atomic E-state index is 8.00. The van der Waals surface area contributed by atoms with E-state index in [0.29, 0.717) is 6.61 Å². The maximum Gasteiger partial charge on any atom is 0.122 e. The van der Waals surface area contributed by atoms with E-state index in [9.17, 15) is 0 Å². The molecule has 0 spiro atoms. The summed E-state index contributed by atoms with van der Waals surface area (Å²) in [7, 11) is 0. The van der Waals surface area contributed by atoms with Crippen LogP contribution in [0.25, 0.3) is 16.7 Å². The van der Waals surface area contributed by atoms with Gasteiger partial charge in [-0.3, -0.25) is 0 Å². The van der Waals surface area contributed by atoms with Crippen molar-refractivity contribution < 1.29 is 19.0 Å². The number of benzene rings is 4. The fourth-order valence-corrected chi connectivity index (χ4v) is 6.31. The highest BCUT2D eigenvalue weighted by atomic mass is 16.6. The summed E-state index contributed by atoms with van der Waals surface area (Å²) in [6.07, 6.45) is 3.04. The first kappa shape index (κ1) is 26.9. The van der Waals surface area contributed by atoms with Crippen molar-refractivity contribution in [2.45, 2.75) is 31.0 Å². The molecule has 0 radical (unpaired) electrons. The Morgan fingerprint density at radius 1 is 0.902 bits per heavy atom. The number of epoxide rings is 2. The van der Waals surface area contributed by atoms with Gasteiger partial charge in [-0.2, -0.15) is 0 Å². The van der Waals surface area contributed by atoms with Crippen LogP contribution in [-0.4, -0.2) is 32.7 Å². The average molecular weight is 543 g/mol. The fraction of sp³-hybridized carbons (Fsp3) is 0.216. The van der Waals surface area contributed by atoms with Gasteiger partial charge >= 0.3 is 0 Å². The molecule has 0 bridgehead atoms. The first-order valence-electron chi connectivity index (χ1n) is 14.0. The van der Waals surface area contributed by atoms with E-state index in [1.54, 1.807) is 0 Å². The zero-order valence-corrected chi connectivity index (χ0v) is 23.4. The van der Waals surface area contributed by atoms with Gasteiger partial charge in [0.1, 0.15) is 31.4 Å². The molecular formula is C37H34O4. The van der Waals surface area contributed by atoms with Gasteiger partial charge in [-0.05, 0) is 75.5 Å². The summed E-state index contributed by atoms with van der Waals surface area (Å²) in [5, 5.41) is 0. The predicted molar refractivity (Wildman–Crippen MR) is 163 cm³/mol. The molecule has 0 aromatic heterocycles. The molecule has 2 fully saturated rings. The number of carbonyl (C=O) groups is 1. The first-order chi connectivity index (χ1) is 20.1. The van der Waals surface area contributed by atoms with Crippen LogP contribution >= 0.6 is 0 Å². The second-order valence-electron chi connectivity index (χ2n) is 10.8. The van der Waals surface area contributed by atoms with Crippen LogP contribution in [0.4, 0.5) is 0 Å². The molecule has 4 heteroatoms. The molecule has 4 aromatic carbocycles. The van der Waals surface area contributed by atoms with Crippen molar-refractivity contribution in [3.05, 3.63) is 143 Å². The highest BCUT2D eigenvalue weighted by Crippen LogP contribution is 2.57. The Bertz CT molecular complexity index is 1580. The van der Waals surface area contributed by atoms with Gasteiger partial charge in [0.25, 0.3) is 0 Å². The molecule has 41 heavy (non-hydrogen) atoms. The molecule has 0 amide bonds. The van der Waals surface area contributed by atoms with Crippen molar-refractivity contribution in [2.75, 3.05) is 19.8 Å². The lowest BCUT2D eigenvalue weighted by atomic mass is 9.66. The van der Waals surface area contributed by atoms with Crippen molar-refractivity contribution in [2.24, 2.45) is 0 Å². The van der Waals surface area contributed by atoms with E-state index < -0.39 is 5.41 Å². The van der Waals surface area contributed by atoms with Crippen LogP contribution in [0, 0.1) is 0 Å². The summed E-state index contributed by atoms with van der Waals surface area (Å²) in [6.45, 7) is 14.6. The van der Waals surface area contributed by atoms with Gasteiger partial charge in [-0.25, -0.2) is 0 Å². The Kier molecular flexibility index (Phi) is 7.21. The van der Waals surface area contributed by atoms with Gasteiger partial charge in [0.15, 0.2) is 0 Å². The van der Waals surface area contributed by atoms with E-state index in [1.807, 2.05) is 12.9 Å². The minimum atomic E-state index is -0.492. The molecule has 7 rings (SSSR count). The van der Waals surface area contributed by atoms with Crippen LogP contribution in [0.3, 0.4) is 0 Å². The van der Waals surface area contributed by atoms with Gasteiger partial charge in [0.05, 0.1) is 18.6 Å². The summed E-state index contributed by atoms with van der Waals surface area (Å²) >= 11 is 0. The lowest BCUT2D eigenvalue weighted by molar-refractivity contribution is -0.0980. The molecule has 206 valence electrons. The summed E-state index contributed by atoms with van der Waals surface area (Å²) in [5.74, 6) is 0.896. The third kappa shape index (κ3) is 4.63. The maximum absolute atomic E-state index is 8.00. The monoisotopic (exact) mass is 542 g/mol. The molecule has 4 nitrogen and oxygen atoms in total. The Hall–Kier alpha value is -4.25. The quantitative estimate of drug-likeness (QED) is 0.143. The van der Waals surface area contributed by atoms with E-state index in [0.717, 1.165) is 36.5 Å². The molecule has 0 N–H and O–H groups in total. The topological polar surface area (TPSA) is 51.4 Å². The number of allylic oxidation sites excluding steroid dienone is 2.